The first kappa shape index (κ1) is 17.1. The van der Waals surface area contributed by atoms with E-state index >= 15 is 0 Å². The van der Waals surface area contributed by atoms with Crippen LogP contribution in [0.5, 0.6) is 0 Å². The van der Waals surface area contributed by atoms with Crippen LogP contribution < -0.4 is 10.2 Å². The maximum atomic E-state index is 11.8. The molecule has 0 bridgehead atoms. The Bertz CT molecular complexity index is 610. The molecular weight excluding hydrogens is 298 g/mol. The SMILES string of the molecule is Cc1cc(N2CC[C@H](NC(=O)OC(C)(C)C)C2)ccc1[N+](=O)[O-]. The second-order valence-corrected chi connectivity index (χ2v) is 6.81. The van der Waals surface area contributed by atoms with Crippen molar-refractivity contribution in [3.63, 3.8) is 0 Å². The average Bonchev–Trinajstić information content (AvgIpc) is 2.84. The maximum absolute atomic E-state index is 11.8. The molecule has 23 heavy (non-hydrogen) atoms. The first-order valence-electron chi connectivity index (χ1n) is 7.65. The zero-order valence-electron chi connectivity index (χ0n) is 14.0. The predicted molar refractivity (Wildman–Crippen MR) is 87.8 cm³/mol. The lowest BCUT2D eigenvalue weighted by molar-refractivity contribution is -0.385. The summed E-state index contributed by atoms with van der Waals surface area (Å²) in [5.41, 5.74) is 1.17. The van der Waals surface area contributed by atoms with Crippen molar-refractivity contribution in [2.75, 3.05) is 18.0 Å². The van der Waals surface area contributed by atoms with E-state index < -0.39 is 11.7 Å². The lowest BCUT2D eigenvalue weighted by Crippen LogP contribution is -2.40. The van der Waals surface area contributed by atoms with Gasteiger partial charge in [-0.15, -0.1) is 0 Å². The van der Waals surface area contributed by atoms with Crippen molar-refractivity contribution in [3.05, 3.63) is 33.9 Å². The number of ether oxygens (including phenoxy) is 1. The highest BCUT2D eigenvalue weighted by Crippen LogP contribution is 2.26. The molecule has 2 rings (SSSR count). The van der Waals surface area contributed by atoms with Crippen LogP contribution in [-0.4, -0.2) is 35.7 Å². The van der Waals surface area contributed by atoms with Gasteiger partial charge in [-0.2, -0.15) is 0 Å². The first-order valence-corrected chi connectivity index (χ1v) is 7.65. The van der Waals surface area contributed by atoms with E-state index in [1.807, 2.05) is 26.8 Å². The summed E-state index contributed by atoms with van der Waals surface area (Å²) in [7, 11) is 0. The Hall–Kier alpha value is -2.31. The van der Waals surface area contributed by atoms with Gasteiger partial charge in [0, 0.05) is 30.4 Å². The zero-order valence-corrected chi connectivity index (χ0v) is 14.0. The molecule has 7 nitrogen and oxygen atoms in total. The number of benzene rings is 1. The van der Waals surface area contributed by atoms with E-state index in [4.69, 9.17) is 4.74 Å². The van der Waals surface area contributed by atoms with E-state index in [1.165, 1.54) is 6.07 Å². The second-order valence-electron chi connectivity index (χ2n) is 6.81. The van der Waals surface area contributed by atoms with E-state index in [0.29, 0.717) is 12.1 Å². The summed E-state index contributed by atoms with van der Waals surface area (Å²) in [5.74, 6) is 0. The van der Waals surface area contributed by atoms with Gasteiger partial charge in [-0.3, -0.25) is 10.1 Å². The van der Waals surface area contributed by atoms with Crippen molar-refractivity contribution in [2.24, 2.45) is 0 Å². The molecule has 1 N–H and O–H groups in total. The number of rotatable bonds is 3. The number of alkyl carbamates (subject to hydrolysis) is 1. The molecule has 0 spiro atoms. The number of anilines is 1. The molecule has 0 aliphatic carbocycles. The third-order valence-corrected chi connectivity index (χ3v) is 3.65. The summed E-state index contributed by atoms with van der Waals surface area (Å²) in [6.45, 7) is 8.66. The highest BCUT2D eigenvalue weighted by Gasteiger charge is 2.27. The number of nitrogens with one attached hydrogen (secondary N) is 1. The van der Waals surface area contributed by atoms with Gasteiger partial charge in [0.1, 0.15) is 5.60 Å². The number of aryl methyl sites for hydroxylation is 1. The van der Waals surface area contributed by atoms with E-state index in [-0.39, 0.29) is 16.7 Å². The molecule has 1 atom stereocenters. The number of nitro groups is 1. The summed E-state index contributed by atoms with van der Waals surface area (Å²) in [6, 6.07) is 5.11. The molecule has 1 fully saturated rings. The van der Waals surface area contributed by atoms with Crippen LogP contribution in [0.25, 0.3) is 0 Å². The number of nitrogens with zero attached hydrogens (tertiary/aromatic N) is 2. The minimum absolute atomic E-state index is 0.0142. The molecule has 0 unspecified atom stereocenters. The van der Waals surface area contributed by atoms with Crippen LogP contribution in [0.3, 0.4) is 0 Å². The van der Waals surface area contributed by atoms with Gasteiger partial charge in [-0.1, -0.05) is 0 Å². The molecule has 1 aliphatic heterocycles. The Balaban J connectivity index is 1.96. The molecule has 1 heterocycles. The van der Waals surface area contributed by atoms with Crippen molar-refractivity contribution in [1.29, 1.82) is 0 Å². The molecular formula is C16H23N3O4. The fraction of sp³-hybridized carbons (Fsp3) is 0.562. The fourth-order valence-electron chi connectivity index (χ4n) is 2.63. The van der Waals surface area contributed by atoms with Crippen LogP contribution >= 0.6 is 0 Å². The average molecular weight is 321 g/mol. The normalized spacial score (nSPS) is 17.9. The largest absolute Gasteiger partial charge is 0.444 e. The van der Waals surface area contributed by atoms with E-state index in [0.717, 1.165) is 18.7 Å². The number of hydrogen-bond donors (Lipinski definition) is 1. The smallest absolute Gasteiger partial charge is 0.407 e. The van der Waals surface area contributed by atoms with E-state index in [9.17, 15) is 14.9 Å². The topological polar surface area (TPSA) is 84.7 Å². The third-order valence-electron chi connectivity index (χ3n) is 3.65. The van der Waals surface area contributed by atoms with Gasteiger partial charge in [-0.25, -0.2) is 4.79 Å². The standard InChI is InChI=1S/C16H23N3O4/c1-11-9-13(5-6-14(11)19(21)22)18-8-7-12(10-18)17-15(20)23-16(2,3)4/h5-6,9,12H,7-8,10H2,1-4H3,(H,17,20)/t12-/m0/s1. The summed E-state index contributed by atoms with van der Waals surface area (Å²) < 4.78 is 5.26. The molecule has 1 aromatic carbocycles. The third kappa shape index (κ3) is 4.58. The van der Waals surface area contributed by atoms with Gasteiger partial charge in [0.2, 0.25) is 0 Å². The second kappa shape index (κ2) is 6.44. The summed E-state index contributed by atoms with van der Waals surface area (Å²) in [5, 5.41) is 13.7. The number of carbonyl (C=O) groups is 1. The molecule has 0 saturated carbocycles. The van der Waals surface area contributed by atoms with Crippen LogP contribution in [0.15, 0.2) is 18.2 Å². The highest BCUT2D eigenvalue weighted by atomic mass is 16.6. The lowest BCUT2D eigenvalue weighted by atomic mass is 10.1. The van der Waals surface area contributed by atoms with E-state index in [1.54, 1.807) is 13.0 Å². The van der Waals surface area contributed by atoms with Crippen molar-refractivity contribution < 1.29 is 14.5 Å². The van der Waals surface area contributed by atoms with Gasteiger partial charge in [0.15, 0.2) is 0 Å². The first-order chi connectivity index (χ1) is 10.7. The van der Waals surface area contributed by atoms with Crippen LogP contribution in [0.1, 0.15) is 32.8 Å². The Morgan fingerprint density at radius 2 is 2.13 bits per heavy atom. The molecule has 0 radical (unpaired) electrons. The highest BCUT2D eigenvalue weighted by molar-refractivity contribution is 5.68. The number of hydrogen-bond acceptors (Lipinski definition) is 5. The molecule has 1 aromatic rings. The van der Waals surface area contributed by atoms with Crippen LogP contribution in [-0.2, 0) is 4.74 Å². The van der Waals surface area contributed by atoms with Crippen molar-refractivity contribution in [2.45, 2.75) is 45.8 Å². The van der Waals surface area contributed by atoms with E-state index in [2.05, 4.69) is 10.2 Å². The Morgan fingerprint density at radius 1 is 1.43 bits per heavy atom. The zero-order chi connectivity index (χ0) is 17.2. The molecule has 1 aliphatic rings. The fourth-order valence-corrected chi connectivity index (χ4v) is 2.63. The summed E-state index contributed by atoms with van der Waals surface area (Å²) in [4.78, 5) is 24.4. The van der Waals surface area contributed by atoms with Crippen LogP contribution in [0.4, 0.5) is 16.2 Å². The Kier molecular flexibility index (Phi) is 4.77. The van der Waals surface area contributed by atoms with Crippen molar-refractivity contribution >= 4 is 17.5 Å². The predicted octanol–water partition coefficient (Wildman–Crippen LogP) is 3.01. The maximum Gasteiger partial charge on any atom is 0.407 e. The van der Waals surface area contributed by atoms with Gasteiger partial charge in [-0.05, 0) is 46.2 Å². The van der Waals surface area contributed by atoms with Crippen molar-refractivity contribution in [1.82, 2.24) is 5.32 Å². The summed E-state index contributed by atoms with van der Waals surface area (Å²) >= 11 is 0. The number of carbonyl (C=O) groups excluding carboxylic acids is 1. The van der Waals surface area contributed by atoms with Gasteiger partial charge in [0.05, 0.1) is 11.0 Å². The van der Waals surface area contributed by atoms with Crippen molar-refractivity contribution in [3.8, 4) is 0 Å². The number of amides is 1. The monoisotopic (exact) mass is 321 g/mol. The Labute approximate surface area is 135 Å². The lowest BCUT2D eigenvalue weighted by Gasteiger charge is -2.22. The molecule has 0 aromatic heterocycles. The quantitative estimate of drug-likeness (QED) is 0.683. The molecule has 1 saturated heterocycles. The van der Waals surface area contributed by atoms with Crippen LogP contribution in [0, 0.1) is 17.0 Å². The summed E-state index contributed by atoms with van der Waals surface area (Å²) in [6.07, 6.45) is 0.402. The minimum atomic E-state index is -0.516. The van der Waals surface area contributed by atoms with Crippen LogP contribution in [0.2, 0.25) is 0 Å². The van der Waals surface area contributed by atoms with Gasteiger partial charge >= 0.3 is 6.09 Å². The minimum Gasteiger partial charge on any atom is -0.444 e. The van der Waals surface area contributed by atoms with Gasteiger partial charge < -0.3 is 15.0 Å². The Morgan fingerprint density at radius 3 is 2.70 bits per heavy atom. The molecule has 1 amide bonds. The number of nitro benzene ring substituents is 1. The van der Waals surface area contributed by atoms with Gasteiger partial charge in [0.25, 0.3) is 5.69 Å². The molecule has 7 heteroatoms. The molecule has 126 valence electrons.